The van der Waals surface area contributed by atoms with E-state index in [0.717, 1.165) is 6.42 Å². The lowest BCUT2D eigenvalue weighted by molar-refractivity contribution is 0.00334. The van der Waals surface area contributed by atoms with Crippen molar-refractivity contribution in [2.24, 2.45) is 17.8 Å². The number of Topliss-reactive ketones (excluding diaryl/α,β-unsaturated/α-hetero) is 1. The molecule has 152 valence electrons. The van der Waals surface area contributed by atoms with Crippen LogP contribution < -0.4 is 4.74 Å². The Hall–Kier alpha value is -2.30. The first-order valence-electron chi connectivity index (χ1n) is 10.1. The maximum atomic E-state index is 12.9. The number of ketones is 1. The van der Waals surface area contributed by atoms with Gasteiger partial charge in [-0.1, -0.05) is 39.3 Å². The summed E-state index contributed by atoms with van der Waals surface area (Å²) in [6, 6.07) is 0. The highest BCUT2D eigenvalue weighted by atomic mass is 16.5. The second-order valence-corrected chi connectivity index (χ2v) is 9.09. The van der Waals surface area contributed by atoms with Crippen molar-refractivity contribution in [3.63, 3.8) is 0 Å². The summed E-state index contributed by atoms with van der Waals surface area (Å²) in [4.78, 5) is 24.4. The summed E-state index contributed by atoms with van der Waals surface area (Å²) in [6.45, 7) is 10.2. The van der Waals surface area contributed by atoms with Gasteiger partial charge in [0.25, 0.3) is 0 Å². The van der Waals surface area contributed by atoms with Crippen LogP contribution in [0.25, 0.3) is 0 Å². The highest BCUT2D eigenvalue weighted by Gasteiger charge is 2.46. The fourth-order valence-electron chi connectivity index (χ4n) is 4.37. The highest BCUT2D eigenvalue weighted by molar-refractivity contribution is 6.05. The molecule has 1 heterocycles. The van der Waals surface area contributed by atoms with Crippen molar-refractivity contribution in [2.75, 3.05) is 0 Å². The maximum Gasteiger partial charge on any atom is 0.170 e. The molecule has 0 fully saturated rings. The smallest absolute Gasteiger partial charge is 0.170 e. The molecule has 1 aliphatic heterocycles. The molecule has 2 atom stereocenters. The Labute approximate surface area is 166 Å². The largest absolute Gasteiger partial charge is 0.507 e. The lowest BCUT2D eigenvalue weighted by atomic mass is 9.70. The Kier molecular flexibility index (Phi) is 5.30. The minimum Gasteiger partial charge on any atom is -0.507 e. The van der Waals surface area contributed by atoms with Crippen LogP contribution in [0.5, 0.6) is 17.2 Å². The van der Waals surface area contributed by atoms with Gasteiger partial charge in [0.2, 0.25) is 0 Å². The van der Waals surface area contributed by atoms with E-state index in [4.69, 9.17) is 4.74 Å². The van der Waals surface area contributed by atoms with Crippen LogP contribution >= 0.6 is 0 Å². The lowest BCUT2D eigenvalue weighted by Crippen LogP contribution is -2.47. The van der Waals surface area contributed by atoms with Gasteiger partial charge in [0, 0.05) is 24.3 Å². The summed E-state index contributed by atoms with van der Waals surface area (Å²) < 4.78 is 6.35. The predicted octanol–water partition coefficient (Wildman–Crippen LogP) is 4.83. The Morgan fingerprint density at radius 2 is 1.93 bits per heavy atom. The van der Waals surface area contributed by atoms with Gasteiger partial charge < -0.3 is 14.9 Å². The van der Waals surface area contributed by atoms with Gasteiger partial charge in [0.1, 0.15) is 28.4 Å². The zero-order chi connectivity index (χ0) is 20.8. The van der Waals surface area contributed by atoms with Crippen LogP contribution in [0.3, 0.4) is 0 Å². The minimum absolute atomic E-state index is 0.0295. The summed E-state index contributed by atoms with van der Waals surface area (Å²) in [6.07, 6.45) is 4.90. The standard InChI is InChI=1S/C23H30O5/c1-12(2)8-18(25)19-21(27)17(11-24)20(26)16-10-15-9-14(13(3)4)6-7-23(15,5)28-22(16)19/h6,11-13,15,26-27H,7-10H2,1-5H3/t15-,23-/m0/s1. The molecule has 0 radical (unpaired) electrons. The molecule has 3 rings (SSSR count). The third-order valence-electron chi connectivity index (χ3n) is 6.17. The van der Waals surface area contributed by atoms with Gasteiger partial charge in [0.05, 0.1) is 5.56 Å². The number of aldehydes is 1. The molecule has 2 N–H and O–H groups in total. The van der Waals surface area contributed by atoms with E-state index in [-0.39, 0.29) is 46.7 Å². The Morgan fingerprint density at radius 1 is 1.25 bits per heavy atom. The number of aromatic hydroxyl groups is 2. The van der Waals surface area contributed by atoms with E-state index in [1.165, 1.54) is 5.57 Å². The van der Waals surface area contributed by atoms with Crippen LogP contribution in [0, 0.1) is 17.8 Å². The van der Waals surface area contributed by atoms with Gasteiger partial charge in [0.15, 0.2) is 12.1 Å². The summed E-state index contributed by atoms with van der Waals surface area (Å²) in [5, 5.41) is 21.3. The molecule has 0 unspecified atom stereocenters. The van der Waals surface area contributed by atoms with Crippen molar-refractivity contribution in [2.45, 2.75) is 65.9 Å². The van der Waals surface area contributed by atoms with Crippen molar-refractivity contribution in [1.82, 2.24) is 0 Å². The molecule has 0 aromatic heterocycles. The Balaban J connectivity index is 2.14. The third-order valence-corrected chi connectivity index (χ3v) is 6.17. The first kappa shape index (κ1) is 20.4. The molecular formula is C23H30O5. The summed E-state index contributed by atoms with van der Waals surface area (Å²) in [5.74, 6) is -0.123. The molecule has 1 aromatic rings. The quantitative estimate of drug-likeness (QED) is 0.430. The molecule has 1 aliphatic carbocycles. The summed E-state index contributed by atoms with van der Waals surface area (Å²) >= 11 is 0. The number of carbonyl (C=O) groups excluding carboxylic acids is 2. The maximum absolute atomic E-state index is 12.9. The van der Waals surface area contributed by atoms with E-state index >= 15 is 0 Å². The summed E-state index contributed by atoms with van der Waals surface area (Å²) in [7, 11) is 0. The number of allylic oxidation sites excluding steroid dienone is 1. The molecule has 0 amide bonds. The van der Waals surface area contributed by atoms with Crippen LogP contribution in [-0.2, 0) is 6.42 Å². The van der Waals surface area contributed by atoms with E-state index in [9.17, 15) is 19.8 Å². The molecule has 0 bridgehead atoms. The van der Waals surface area contributed by atoms with E-state index in [1.54, 1.807) is 0 Å². The summed E-state index contributed by atoms with van der Waals surface area (Å²) in [5.41, 5.74) is 1.11. The predicted molar refractivity (Wildman–Crippen MR) is 107 cm³/mol. The molecule has 28 heavy (non-hydrogen) atoms. The van der Waals surface area contributed by atoms with Crippen LogP contribution in [0.15, 0.2) is 11.6 Å². The van der Waals surface area contributed by atoms with Gasteiger partial charge in [-0.15, -0.1) is 0 Å². The molecular weight excluding hydrogens is 356 g/mol. The van der Waals surface area contributed by atoms with E-state index in [0.29, 0.717) is 30.6 Å². The molecule has 5 heteroatoms. The highest BCUT2D eigenvalue weighted by Crippen LogP contribution is 2.52. The fraction of sp³-hybridized carbons (Fsp3) is 0.565. The first-order chi connectivity index (χ1) is 13.1. The van der Waals surface area contributed by atoms with Crippen molar-refractivity contribution >= 4 is 12.1 Å². The van der Waals surface area contributed by atoms with Crippen LogP contribution in [0.1, 0.15) is 80.2 Å². The molecule has 2 aliphatic rings. The van der Waals surface area contributed by atoms with E-state index in [2.05, 4.69) is 19.9 Å². The molecule has 0 saturated heterocycles. The topological polar surface area (TPSA) is 83.8 Å². The van der Waals surface area contributed by atoms with E-state index < -0.39 is 11.4 Å². The van der Waals surface area contributed by atoms with Gasteiger partial charge in [-0.05, 0) is 31.6 Å². The minimum atomic E-state index is -0.514. The fourth-order valence-corrected chi connectivity index (χ4v) is 4.37. The Morgan fingerprint density at radius 3 is 2.50 bits per heavy atom. The van der Waals surface area contributed by atoms with Crippen molar-refractivity contribution in [3.05, 3.63) is 28.3 Å². The second kappa shape index (κ2) is 7.26. The average molecular weight is 386 g/mol. The van der Waals surface area contributed by atoms with Gasteiger partial charge in [-0.25, -0.2) is 0 Å². The molecule has 1 aromatic carbocycles. The van der Waals surface area contributed by atoms with Crippen molar-refractivity contribution in [1.29, 1.82) is 0 Å². The van der Waals surface area contributed by atoms with E-state index in [1.807, 2.05) is 20.8 Å². The van der Waals surface area contributed by atoms with Gasteiger partial charge in [-0.2, -0.15) is 0 Å². The number of ether oxygens (including phenoxy) is 1. The monoisotopic (exact) mass is 386 g/mol. The number of rotatable bonds is 5. The number of benzene rings is 1. The number of phenols is 2. The normalized spacial score (nSPS) is 23.7. The Bertz CT molecular complexity index is 849. The van der Waals surface area contributed by atoms with Crippen LogP contribution in [-0.4, -0.2) is 27.9 Å². The number of hydrogen-bond acceptors (Lipinski definition) is 5. The lowest BCUT2D eigenvalue weighted by Gasteiger charge is -2.46. The third kappa shape index (κ3) is 3.31. The van der Waals surface area contributed by atoms with Gasteiger partial charge >= 0.3 is 0 Å². The zero-order valence-electron chi connectivity index (χ0n) is 17.3. The van der Waals surface area contributed by atoms with Crippen LogP contribution in [0.2, 0.25) is 0 Å². The van der Waals surface area contributed by atoms with Crippen LogP contribution in [0.4, 0.5) is 0 Å². The SMILES string of the molecule is CC(C)CC(=O)c1c(O)c(C=O)c(O)c2c1O[C@@]1(C)CC=C(C(C)C)C[C@H]1C2. The van der Waals surface area contributed by atoms with Crippen molar-refractivity contribution in [3.8, 4) is 17.2 Å². The number of carbonyl (C=O) groups is 2. The van der Waals surface area contributed by atoms with Gasteiger partial charge in [-0.3, -0.25) is 9.59 Å². The number of phenolic OH excluding ortho intramolecular Hbond substituents is 2. The zero-order valence-corrected chi connectivity index (χ0v) is 17.3. The first-order valence-corrected chi connectivity index (χ1v) is 10.1. The molecule has 0 spiro atoms. The number of hydrogen-bond donors (Lipinski definition) is 2. The average Bonchev–Trinajstić information content (AvgIpc) is 2.59. The van der Waals surface area contributed by atoms with Crippen molar-refractivity contribution < 1.29 is 24.5 Å². The molecule has 0 saturated carbocycles. The second-order valence-electron chi connectivity index (χ2n) is 9.09. The molecule has 5 nitrogen and oxygen atoms in total. The number of fused-ring (bicyclic) bond motifs is 2.